The first-order valence-corrected chi connectivity index (χ1v) is 7.12. The first kappa shape index (κ1) is 12.8. The van der Waals surface area contributed by atoms with E-state index in [1.807, 2.05) is 60.7 Å². The third kappa shape index (κ3) is 2.07. The van der Waals surface area contributed by atoms with Gasteiger partial charge in [-0.3, -0.25) is 0 Å². The van der Waals surface area contributed by atoms with Gasteiger partial charge in [0, 0.05) is 11.1 Å². The highest BCUT2D eigenvalue weighted by Gasteiger charge is 2.12. The number of para-hydroxylation sites is 2. The highest BCUT2D eigenvalue weighted by Crippen LogP contribution is 2.34. The van der Waals surface area contributed by atoms with Crippen LogP contribution in [0.4, 0.5) is 15.8 Å². The summed E-state index contributed by atoms with van der Waals surface area (Å²) < 4.78 is 14.4. The smallest absolute Gasteiger partial charge is 0.134 e. The molecule has 1 aromatic heterocycles. The molecule has 4 aromatic rings. The summed E-state index contributed by atoms with van der Waals surface area (Å²) >= 11 is 0. The number of nitrogens with zero attached hydrogens (tertiary/aromatic N) is 1. The fourth-order valence-electron chi connectivity index (χ4n) is 2.70. The maximum Gasteiger partial charge on any atom is 0.134 e. The summed E-state index contributed by atoms with van der Waals surface area (Å²) in [6.45, 7) is 0. The van der Waals surface area contributed by atoms with Crippen LogP contribution in [0.25, 0.3) is 21.8 Å². The molecule has 0 saturated carbocycles. The van der Waals surface area contributed by atoms with Crippen molar-refractivity contribution in [1.82, 2.24) is 4.98 Å². The molecule has 0 radical (unpaired) electrons. The minimum absolute atomic E-state index is 0.269. The van der Waals surface area contributed by atoms with Crippen molar-refractivity contribution in [3.05, 3.63) is 78.6 Å². The largest absolute Gasteiger partial charge is 0.354 e. The number of nitrogens with one attached hydrogen (secondary N) is 1. The van der Waals surface area contributed by atoms with Gasteiger partial charge in [0.1, 0.15) is 5.82 Å². The molecule has 3 aromatic carbocycles. The van der Waals surface area contributed by atoms with Gasteiger partial charge < -0.3 is 5.32 Å². The van der Waals surface area contributed by atoms with E-state index in [1.165, 1.54) is 6.07 Å². The second-order valence-corrected chi connectivity index (χ2v) is 5.13. The Hall–Kier alpha value is -2.94. The zero-order valence-corrected chi connectivity index (χ0v) is 11.8. The summed E-state index contributed by atoms with van der Waals surface area (Å²) in [6.07, 6.45) is 0. The molecule has 2 nitrogen and oxygen atoms in total. The van der Waals surface area contributed by atoms with Gasteiger partial charge in [-0.15, -0.1) is 0 Å². The fourth-order valence-corrected chi connectivity index (χ4v) is 2.70. The Kier molecular flexibility index (Phi) is 2.97. The Morgan fingerprint density at radius 2 is 1.45 bits per heavy atom. The minimum atomic E-state index is -0.269. The van der Waals surface area contributed by atoms with Crippen molar-refractivity contribution >= 4 is 33.2 Å². The van der Waals surface area contributed by atoms with Crippen LogP contribution in [0.3, 0.4) is 0 Å². The molecule has 0 spiro atoms. The van der Waals surface area contributed by atoms with E-state index in [1.54, 1.807) is 6.07 Å². The molecule has 0 atom stereocenters. The van der Waals surface area contributed by atoms with Gasteiger partial charge in [0.15, 0.2) is 0 Å². The van der Waals surface area contributed by atoms with Gasteiger partial charge in [-0.2, -0.15) is 0 Å². The zero-order valence-electron chi connectivity index (χ0n) is 11.8. The van der Waals surface area contributed by atoms with Gasteiger partial charge in [0.2, 0.25) is 0 Å². The van der Waals surface area contributed by atoms with Crippen LogP contribution in [0, 0.1) is 5.82 Å². The van der Waals surface area contributed by atoms with E-state index >= 15 is 0 Å². The molecule has 106 valence electrons. The maximum absolute atomic E-state index is 14.4. The number of aromatic nitrogens is 1. The third-order valence-corrected chi connectivity index (χ3v) is 3.70. The van der Waals surface area contributed by atoms with Crippen molar-refractivity contribution in [2.45, 2.75) is 0 Å². The lowest BCUT2D eigenvalue weighted by atomic mass is 10.1. The lowest BCUT2D eigenvalue weighted by molar-refractivity contribution is 0.640. The first-order chi connectivity index (χ1) is 10.8. The second kappa shape index (κ2) is 5.11. The molecule has 0 bridgehead atoms. The quantitative estimate of drug-likeness (QED) is 0.508. The van der Waals surface area contributed by atoms with Crippen LogP contribution in [0.2, 0.25) is 0 Å². The highest BCUT2D eigenvalue weighted by molar-refractivity contribution is 6.08. The normalized spacial score (nSPS) is 11.0. The molecule has 0 amide bonds. The van der Waals surface area contributed by atoms with Crippen LogP contribution in [0.15, 0.2) is 72.8 Å². The molecule has 0 saturated heterocycles. The highest BCUT2D eigenvalue weighted by atomic mass is 19.1. The molecule has 22 heavy (non-hydrogen) atoms. The van der Waals surface area contributed by atoms with Crippen LogP contribution in [0.1, 0.15) is 0 Å². The van der Waals surface area contributed by atoms with Gasteiger partial charge in [-0.25, -0.2) is 9.37 Å². The van der Waals surface area contributed by atoms with Crippen LogP contribution >= 0.6 is 0 Å². The monoisotopic (exact) mass is 288 g/mol. The van der Waals surface area contributed by atoms with Gasteiger partial charge >= 0.3 is 0 Å². The van der Waals surface area contributed by atoms with Gasteiger partial charge in [-0.1, -0.05) is 42.5 Å². The van der Waals surface area contributed by atoms with Crippen molar-refractivity contribution in [3.63, 3.8) is 0 Å². The molecule has 0 fully saturated rings. The first-order valence-electron chi connectivity index (χ1n) is 7.12. The number of hydrogen-bond acceptors (Lipinski definition) is 2. The second-order valence-electron chi connectivity index (χ2n) is 5.13. The SMILES string of the molecule is Fc1cccc2nc3ccccc3c(Nc3ccccc3)c12. The Morgan fingerprint density at radius 1 is 0.727 bits per heavy atom. The van der Waals surface area contributed by atoms with Gasteiger partial charge in [0.05, 0.1) is 22.1 Å². The molecule has 0 aliphatic rings. The lowest BCUT2D eigenvalue weighted by Gasteiger charge is -2.13. The van der Waals surface area contributed by atoms with E-state index in [2.05, 4.69) is 10.3 Å². The Morgan fingerprint density at radius 3 is 2.32 bits per heavy atom. The number of halogens is 1. The van der Waals surface area contributed by atoms with E-state index < -0.39 is 0 Å². The van der Waals surface area contributed by atoms with Crippen LogP contribution in [-0.4, -0.2) is 4.98 Å². The number of benzene rings is 3. The average Bonchev–Trinajstić information content (AvgIpc) is 2.56. The van der Waals surface area contributed by atoms with Crippen LogP contribution in [0.5, 0.6) is 0 Å². The molecular formula is C19H13FN2. The van der Waals surface area contributed by atoms with E-state index in [0.717, 1.165) is 22.3 Å². The van der Waals surface area contributed by atoms with Gasteiger partial charge in [0.25, 0.3) is 0 Å². The van der Waals surface area contributed by atoms with Crippen molar-refractivity contribution in [2.75, 3.05) is 5.32 Å². The molecule has 0 unspecified atom stereocenters. The molecule has 4 rings (SSSR count). The standard InChI is InChI=1S/C19H13FN2/c20-15-10-6-12-17-18(15)19(21-13-7-2-1-3-8-13)14-9-4-5-11-16(14)22-17/h1-12H,(H,21,22). The van der Waals surface area contributed by atoms with Crippen molar-refractivity contribution in [3.8, 4) is 0 Å². The van der Waals surface area contributed by atoms with Crippen LogP contribution < -0.4 is 5.32 Å². The van der Waals surface area contributed by atoms with Gasteiger partial charge in [-0.05, 0) is 30.3 Å². The Labute approximate surface area is 127 Å². The van der Waals surface area contributed by atoms with E-state index in [0.29, 0.717) is 10.9 Å². The average molecular weight is 288 g/mol. The van der Waals surface area contributed by atoms with Crippen LogP contribution in [-0.2, 0) is 0 Å². The minimum Gasteiger partial charge on any atom is -0.354 e. The number of rotatable bonds is 2. The van der Waals surface area contributed by atoms with E-state index in [9.17, 15) is 4.39 Å². The Balaban J connectivity index is 2.07. The van der Waals surface area contributed by atoms with Crippen molar-refractivity contribution in [1.29, 1.82) is 0 Å². The van der Waals surface area contributed by atoms with Crippen molar-refractivity contribution < 1.29 is 4.39 Å². The number of anilines is 2. The zero-order chi connectivity index (χ0) is 14.9. The summed E-state index contributed by atoms with van der Waals surface area (Å²) in [5.41, 5.74) is 3.17. The molecule has 3 heteroatoms. The molecular weight excluding hydrogens is 275 g/mol. The summed E-state index contributed by atoms with van der Waals surface area (Å²) in [5, 5.41) is 4.78. The molecule has 1 N–H and O–H groups in total. The number of hydrogen-bond donors (Lipinski definition) is 1. The summed E-state index contributed by atoms with van der Waals surface area (Å²) in [6, 6.07) is 22.5. The summed E-state index contributed by atoms with van der Waals surface area (Å²) in [5.74, 6) is -0.269. The lowest BCUT2D eigenvalue weighted by Crippen LogP contribution is -1.96. The predicted molar refractivity (Wildman–Crippen MR) is 88.9 cm³/mol. The maximum atomic E-state index is 14.4. The molecule has 0 aliphatic carbocycles. The van der Waals surface area contributed by atoms with E-state index in [-0.39, 0.29) is 5.82 Å². The predicted octanol–water partition coefficient (Wildman–Crippen LogP) is 5.27. The van der Waals surface area contributed by atoms with Crippen molar-refractivity contribution in [2.24, 2.45) is 0 Å². The summed E-state index contributed by atoms with van der Waals surface area (Å²) in [4.78, 5) is 4.56. The summed E-state index contributed by atoms with van der Waals surface area (Å²) in [7, 11) is 0. The number of fused-ring (bicyclic) bond motifs is 2. The topological polar surface area (TPSA) is 24.9 Å². The molecule has 0 aliphatic heterocycles. The number of pyridine rings is 1. The fraction of sp³-hybridized carbons (Fsp3) is 0. The molecule has 1 heterocycles. The van der Waals surface area contributed by atoms with E-state index in [4.69, 9.17) is 0 Å². The Bertz CT molecular complexity index is 965. The third-order valence-electron chi connectivity index (χ3n) is 3.70.